The maximum atomic E-state index is 12.6. The average Bonchev–Trinajstić information content (AvgIpc) is 3.19. The van der Waals surface area contributed by atoms with Gasteiger partial charge in [-0.05, 0) is 32.0 Å². The number of nitrogens with one attached hydrogen (secondary N) is 3. The molecule has 1 atom stereocenters. The van der Waals surface area contributed by atoms with Gasteiger partial charge in [-0.15, -0.1) is 0 Å². The predicted molar refractivity (Wildman–Crippen MR) is 100 cm³/mol. The Kier molecular flexibility index (Phi) is 5.22. The molecule has 26 heavy (non-hydrogen) atoms. The van der Waals surface area contributed by atoms with Gasteiger partial charge in [0.25, 0.3) is 5.91 Å². The van der Waals surface area contributed by atoms with E-state index >= 15 is 0 Å². The summed E-state index contributed by atoms with van der Waals surface area (Å²) in [5, 5.41) is 6.18. The van der Waals surface area contributed by atoms with Crippen molar-refractivity contribution < 1.29 is 9.53 Å². The van der Waals surface area contributed by atoms with Gasteiger partial charge in [0.15, 0.2) is 0 Å². The number of amides is 1. The van der Waals surface area contributed by atoms with Crippen molar-refractivity contribution in [1.29, 1.82) is 0 Å². The van der Waals surface area contributed by atoms with Gasteiger partial charge in [-0.3, -0.25) is 4.79 Å². The lowest BCUT2D eigenvalue weighted by molar-refractivity contribution is 0.0938. The Labute approximate surface area is 152 Å². The molecule has 0 saturated carbocycles. The van der Waals surface area contributed by atoms with Crippen LogP contribution in [0.25, 0.3) is 11.0 Å². The molecule has 0 aliphatic heterocycles. The summed E-state index contributed by atoms with van der Waals surface area (Å²) in [6.07, 6.45) is 1.75. The van der Waals surface area contributed by atoms with Gasteiger partial charge >= 0.3 is 0 Å². The molecular formula is C18H24N6O2. The van der Waals surface area contributed by atoms with E-state index in [1.165, 1.54) is 0 Å². The molecule has 1 aromatic carbocycles. The van der Waals surface area contributed by atoms with E-state index in [9.17, 15) is 4.79 Å². The summed E-state index contributed by atoms with van der Waals surface area (Å²) >= 11 is 0. The highest BCUT2D eigenvalue weighted by Crippen LogP contribution is 2.20. The van der Waals surface area contributed by atoms with Crippen molar-refractivity contribution >= 4 is 22.9 Å². The van der Waals surface area contributed by atoms with Crippen molar-refractivity contribution in [3.05, 3.63) is 41.5 Å². The summed E-state index contributed by atoms with van der Waals surface area (Å²) in [5.41, 5.74) is 3.25. The molecule has 8 heteroatoms. The van der Waals surface area contributed by atoms with Crippen LogP contribution in [0, 0.1) is 6.92 Å². The van der Waals surface area contributed by atoms with Crippen LogP contribution in [0.5, 0.6) is 0 Å². The maximum absolute atomic E-state index is 12.6. The van der Waals surface area contributed by atoms with Crippen LogP contribution < -0.4 is 10.6 Å². The number of anilines is 1. The normalized spacial score (nSPS) is 12.3. The number of carbonyl (C=O) groups excluding carboxylic acids is 1. The van der Waals surface area contributed by atoms with E-state index in [1.54, 1.807) is 25.4 Å². The molecule has 0 saturated heterocycles. The van der Waals surface area contributed by atoms with Crippen LogP contribution in [0.15, 0.2) is 24.4 Å². The molecule has 3 N–H and O–H groups in total. The number of H-pyrrole nitrogens is 1. The van der Waals surface area contributed by atoms with Gasteiger partial charge in [0.2, 0.25) is 5.95 Å². The Morgan fingerprint density at radius 3 is 2.92 bits per heavy atom. The summed E-state index contributed by atoms with van der Waals surface area (Å²) in [7, 11) is 3.60. The number of hydrogen-bond acceptors (Lipinski definition) is 5. The number of aryl methyl sites for hydroxylation is 2. The number of fused-ring (bicyclic) bond motifs is 1. The lowest BCUT2D eigenvalue weighted by Gasteiger charge is -2.11. The Balaban J connectivity index is 1.76. The zero-order chi connectivity index (χ0) is 18.7. The van der Waals surface area contributed by atoms with E-state index in [1.807, 2.05) is 31.5 Å². The van der Waals surface area contributed by atoms with Crippen LogP contribution in [-0.2, 0) is 11.8 Å². The molecule has 3 aromatic rings. The SMILES string of the molecule is COCCNc1nc2cc(C(=O)N[C@H](C)c3ncc(C)[nH]3)ccc2n1C. The first-order chi connectivity index (χ1) is 12.5. The number of ether oxygens (including phenoxy) is 1. The fourth-order valence-corrected chi connectivity index (χ4v) is 2.77. The first-order valence-electron chi connectivity index (χ1n) is 8.51. The van der Waals surface area contributed by atoms with Gasteiger partial charge < -0.3 is 24.9 Å². The maximum Gasteiger partial charge on any atom is 0.251 e. The third kappa shape index (κ3) is 3.70. The van der Waals surface area contributed by atoms with Crippen molar-refractivity contribution in [2.24, 2.45) is 7.05 Å². The minimum absolute atomic E-state index is 0.159. The van der Waals surface area contributed by atoms with Crippen molar-refractivity contribution in [3.8, 4) is 0 Å². The van der Waals surface area contributed by atoms with Crippen molar-refractivity contribution in [2.45, 2.75) is 19.9 Å². The average molecular weight is 356 g/mol. The predicted octanol–water partition coefficient (Wildman–Crippen LogP) is 2.15. The number of aromatic nitrogens is 4. The van der Waals surface area contributed by atoms with E-state index in [0.717, 1.165) is 28.5 Å². The Morgan fingerprint density at radius 1 is 1.42 bits per heavy atom. The largest absolute Gasteiger partial charge is 0.383 e. The van der Waals surface area contributed by atoms with Gasteiger partial charge in [0.1, 0.15) is 5.82 Å². The Morgan fingerprint density at radius 2 is 2.23 bits per heavy atom. The number of hydrogen-bond donors (Lipinski definition) is 3. The number of methoxy groups -OCH3 is 1. The van der Waals surface area contributed by atoms with Gasteiger partial charge in [-0.1, -0.05) is 0 Å². The summed E-state index contributed by atoms with van der Waals surface area (Å²) in [6, 6.07) is 5.30. The van der Waals surface area contributed by atoms with E-state index in [0.29, 0.717) is 18.7 Å². The van der Waals surface area contributed by atoms with Crippen molar-refractivity contribution in [2.75, 3.05) is 25.6 Å². The highest BCUT2D eigenvalue weighted by atomic mass is 16.5. The summed E-state index contributed by atoms with van der Waals surface area (Å²) in [4.78, 5) is 24.5. The molecule has 0 bridgehead atoms. The van der Waals surface area contributed by atoms with Crippen molar-refractivity contribution in [1.82, 2.24) is 24.8 Å². The molecule has 0 aliphatic carbocycles. The van der Waals surface area contributed by atoms with E-state index in [-0.39, 0.29) is 11.9 Å². The van der Waals surface area contributed by atoms with E-state index in [4.69, 9.17) is 4.74 Å². The molecule has 2 aromatic heterocycles. The fraction of sp³-hybridized carbons (Fsp3) is 0.389. The topological polar surface area (TPSA) is 96.9 Å². The second-order valence-electron chi connectivity index (χ2n) is 6.26. The minimum Gasteiger partial charge on any atom is -0.383 e. The third-order valence-corrected chi connectivity index (χ3v) is 4.21. The highest BCUT2D eigenvalue weighted by Gasteiger charge is 2.15. The summed E-state index contributed by atoms with van der Waals surface area (Å²) in [6.45, 7) is 5.09. The molecular weight excluding hydrogens is 332 g/mol. The van der Waals surface area contributed by atoms with Crippen molar-refractivity contribution in [3.63, 3.8) is 0 Å². The van der Waals surface area contributed by atoms with E-state index < -0.39 is 0 Å². The fourth-order valence-electron chi connectivity index (χ4n) is 2.77. The number of benzene rings is 1. The van der Waals surface area contributed by atoms with Crippen LogP contribution >= 0.6 is 0 Å². The Hall–Kier alpha value is -2.87. The van der Waals surface area contributed by atoms with Crippen LogP contribution in [0.2, 0.25) is 0 Å². The number of rotatable bonds is 7. The molecule has 0 unspecified atom stereocenters. The lowest BCUT2D eigenvalue weighted by atomic mass is 10.1. The molecule has 138 valence electrons. The van der Waals surface area contributed by atoms with Gasteiger partial charge in [-0.25, -0.2) is 9.97 Å². The number of imidazole rings is 2. The number of carbonyl (C=O) groups is 1. The smallest absolute Gasteiger partial charge is 0.251 e. The quantitative estimate of drug-likeness (QED) is 0.564. The molecule has 3 rings (SSSR count). The molecule has 8 nitrogen and oxygen atoms in total. The van der Waals surface area contributed by atoms with E-state index in [2.05, 4.69) is 25.6 Å². The van der Waals surface area contributed by atoms with Crippen LogP contribution in [0.1, 0.15) is 34.8 Å². The molecule has 0 aliphatic rings. The number of nitrogens with zero attached hydrogens (tertiary/aromatic N) is 3. The zero-order valence-corrected chi connectivity index (χ0v) is 15.5. The van der Waals surface area contributed by atoms with Gasteiger partial charge in [0, 0.05) is 38.2 Å². The lowest BCUT2D eigenvalue weighted by Crippen LogP contribution is -2.27. The standard InChI is InChI=1S/C18H24N6O2/c1-11-10-20-16(21-11)12(2)22-17(25)13-5-6-15-14(9-13)23-18(24(15)3)19-7-8-26-4/h5-6,9-10,12H,7-8H2,1-4H3,(H,19,23)(H,20,21)(H,22,25)/t12-/m1/s1. The summed E-state index contributed by atoms with van der Waals surface area (Å²) in [5.74, 6) is 1.32. The molecule has 2 heterocycles. The molecule has 0 radical (unpaired) electrons. The first-order valence-corrected chi connectivity index (χ1v) is 8.51. The zero-order valence-electron chi connectivity index (χ0n) is 15.5. The van der Waals surface area contributed by atoms with Gasteiger partial charge in [0.05, 0.1) is 23.7 Å². The van der Waals surface area contributed by atoms with Crippen LogP contribution in [0.3, 0.4) is 0 Å². The second kappa shape index (κ2) is 7.57. The van der Waals surface area contributed by atoms with Crippen LogP contribution in [0.4, 0.5) is 5.95 Å². The van der Waals surface area contributed by atoms with Gasteiger partial charge in [-0.2, -0.15) is 0 Å². The molecule has 0 spiro atoms. The minimum atomic E-state index is -0.207. The molecule has 0 fully saturated rings. The Bertz CT molecular complexity index is 914. The second-order valence-corrected chi connectivity index (χ2v) is 6.26. The first kappa shape index (κ1) is 17.9. The number of aromatic amines is 1. The van der Waals surface area contributed by atoms with Crippen LogP contribution in [-0.4, -0.2) is 45.7 Å². The third-order valence-electron chi connectivity index (χ3n) is 4.21. The highest BCUT2D eigenvalue weighted by molar-refractivity contribution is 5.97. The summed E-state index contributed by atoms with van der Waals surface area (Å²) < 4.78 is 7.00. The monoisotopic (exact) mass is 356 g/mol. The molecule has 1 amide bonds.